The van der Waals surface area contributed by atoms with Crippen molar-refractivity contribution in [2.45, 2.75) is 6.42 Å². The smallest absolute Gasteiger partial charge is 0.138 e. The Kier molecular flexibility index (Phi) is 2.44. The van der Waals surface area contributed by atoms with Crippen molar-refractivity contribution in [3.05, 3.63) is 29.7 Å². The number of nitrogens with zero attached hydrogens (tertiary/aromatic N) is 2. The molecule has 11 heavy (non-hydrogen) atoms. The van der Waals surface area contributed by atoms with Crippen LogP contribution in [0.4, 0.5) is 5.82 Å². The second kappa shape index (κ2) is 3.34. The van der Waals surface area contributed by atoms with Crippen molar-refractivity contribution in [2.24, 2.45) is 0 Å². The Labute approximate surface area is 69.9 Å². The maximum absolute atomic E-state index is 5.73. The zero-order valence-electron chi connectivity index (χ0n) is 5.92. The standard InChI is InChI=1S/C7H8ClN3/c1-2-3-5-6(8)10-4-11-7(5)9/h2,4H,1,3H2,(H2,9,10,11). The second-order valence-electron chi connectivity index (χ2n) is 2.02. The van der Waals surface area contributed by atoms with E-state index in [1.807, 2.05) is 0 Å². The fraction of sp³-hybridized carbons (Fsp3) is 0.143. The molecule has 0 spiro atoms. The molecule has 0 bridgehead atoms. The highest BCUT2D eigenvalue weighted by atomic mass is 35.5. The summed E-state index contributed by atoms with van der Waals surface area (Å²) in [6.45, 7) is 3.57. The molecule has 1 rings (SSSR count). The van der Waals surface area contributed by atoms with Crippen LogP contribution in [-0.2, 0) is 6.42 Å². The van der Waals surface area contributed by atoms with Crippen molar-refractivity contribution in [3.8, 4) is 0 Å². The van der Waals surface area contributed by atoms with Crippen molar-refractivity contribution >= 4 is 17.4 Å². The van der Waals surface area contributed by atoms with E-state index in [1.54, 1.807) is 6.08 Å². The minimum absolute atomic E-state index is 0.400. The number of allylic oxidation sites excluding steroid dienone is 1. The van der Waals surface area contributed by atoms with Gasteiger partial charge in [0.2, 0.25) is 0 Å². The molecule has 0 atom stereocenters. The van der Waals surface area contributed by atoms with E-state index >= 15 is 0 Å². The van der Waals surface area contributed by atoms with Crippen LogP contribution in [0.25, 0.3) is 0 Å². The van der Waals surface area contributed by atoms with Crippen LogP contribution < -0.4 is 5.73 Å². The summed E-state index contributed by atoms with van der Waals surface area (Å²) in [4.78, 5) is 7.58. The van der Waals surface area contributed by atoms with E-state index in [4.69, 9.17) is 17.3 Å². The molecule has 2 N–H and O–H groups in total. The molecule has 0 aliphatic heterocycles. The highest BCUT2D eigenvalue weighted by Gasteiger charge is 2.03. The van der Waals surface area contributed by atoms with Crippen LogP contribution in [0.1, 0.15) is 5.56 Å². The predicted octanol–water partition coefficient (Wildman–Crippen LogP) is 1.44. The summed E-state index contributed by atoms with van der Waals surface area (Å²) < 4.78 is 0. The first-order valence-electron chi connectivity index (χ1n) is 3.11. The monoisotopic (exact) mass is 169 g/mol. The zero-order valence-corrected chi connectivity index (χ0v) is 6.67. The first kappa shape index (κ1) is 8.01. The van der Waals surface area contributed by atoms with Crippen molar-refractivity contribution in [1.29, 1.82) is 0 Å². The van der Waals surface area contributed by atoms with E-state index < -0.39 is 0 Å². The third-order valence-corrected chi connectivity index (χ3v) is 1.60. The number of nitrogens with two attached hydrogens (primary N) is 1. The molecule has 0 fully saturated rings. The summed E-state index contributed by atoms with van der Waals surface area (Å²) >= 11 is 5.73. The van der Waals surface area contributed by atoms with Gasteiger partial charge in [0.05, 0.1) is 0 Å². The number of rotatable bonds is 2. The molecular formula is C7H8ClN3. The number of hydrogen-bond donors (Lipinski definition) is 1. The van der Waals surface area contributed by atoms with E-state index in [0.717, 1.165) is 5.56 Å². The first-order chi connectivity index (χ1) is 5.25. The van der Waals surface area contributed by atoms with Gasteiger partial charge in [-0.3, -0.25) is 0 Å². The van der Waals surface area contributed by atoms with Crippen molar-refractivity contribution in [3.63, 3.8) is 0 Å². The molecule has 0 amide bonds. The number of aromatic nitrogens is 2. The van der Waals surface area contributed by atoms with Gasteiger partial charge in [0.1, 0.15) is 17.3 Å². The second-order valence-corrected chi connectivity index (χ2v) is 2.38. The minimum Gasteiger partial charge on any atom is -0.383 e. The third kappa shape index (κ3) is 1.68. The van der Waals surface area contributed by atoms with E-state index in [-0.39, 0.29) is 0 Å². The lowest BCUT2D eigenvalue weighted by Crippen LogP contribution is -1.98. The quantitative estimate of drug-likeness (QED) is 0.539. The topological polar surface area (TPSA) is 51.8 Å². The molecule has 1 aromatic heterocycles. The molecule has 0 aliphatic rings. The Bertz CT molecular complexity index is 252. The fourth-order valence-electron chi connectivity index (χ4n) is 0.736. The summed E-state index contributed by atoms with van der Waals surface area (Å²) in [6.07, 6.45) is 3.65. The fourth-order valence-corrected chi connectivity index (χ4v) is 0.954. The van der Waals surface area contributed by atoms with Gasteiger partial charge >= 0.3 is 0 Å². The molecule has 1 heterocycles. The summed E-state index contributed by atoms with van der Waals surface area (Å²) in [5.74, 6) is 0.421. The summed E-state index contributed by atoms with van der Waals surface area (Å²) in [7, 11) is 0. The van der Waals surface area contributed by atoms with Crippen LogP contribution in [0.2, 0.25) is 5.15 Å². The first-order valence-corrected chi connectivity index (χ1v) is 3.49. The van der Waals surface area contributed by atoms with Crippen molar-refractivity contribution in [1.82, 2.24) is 9.97 Å². The maximum atomic E-state index is 5.73. The Morgan fingerprint density at radius 3 is 2.91 bits per heavy atom. The normalized spacial score (nSPS) is 9.55. The molecule has 0 aromatic carbocycles. The van der Waals surface area contributed by atoms with Crippen LogP contribution in [0.15, 0.2) is 19.0 Å². The van der Waals surface area contributed by atoms with Crippen molar-refractivity contribution < 1.29 is 0 Å². The number of halogens is 1. The van der Waals surface area contributed by atoms with E-state index in [0.29, 0.717) is 17.4 Å². The van der Waals surface area contributed by atoms with Crippen LogP contribution in [-0.4, -0.2) is 9.97 Å². The molecule has 58 valence electrons. The lowest BCUT2D eigenvalue weighted by molar-refractivity contribution is 1.10. The van der Waals surface area contributed by atoms with Gasteiger partial charge in [-0.2, -0.15) is 0 Å². The molecule has 0 radical (unpaired) electrons. The zero-order chi connectivity index (χ0) is 8.27. The van der Waals surface area contributed by atoms with E-state index in [2.05, 4.69) is 16.5 Å². The van der Waals surface area contributed by atoms with Gasteiger partial charge < -0.3 is 5.73 Å². The predicted molar refractivity (Wildman–Crippen MR) is 45.4 cm³/mol. The molecular weight excluding hydrogens is 162 g/mol. The van der Waals surface area contributed by atoms with Gasteiger partial charge in [0.15, 0.2) is 0 Å². The van der Waals surface area contributed by atoms with Gasteiger partial charge in [-0.05, 0) is 6.42 Å². The van der Waals surface area contributed by atoms with Crippen LogP contribution >= 0.6 is 11.6 Å². The molecule has 0 unspecified atom stereocenters. The summed E-state index contributed by atoms with van der Waals surface area (Å²) in [5, 5.41) is 0.400. The van der Waals surface area contributed by atoms with Gasteiger partial charge in [-0.15, -0.1) is 6.58 Å². The average molecular weight is 170 g/mol. The minimum atomic E-state index is 0.400. The lowest BCUT2D eigenvalue weighted by atomic mass is 10.2. The highest BCUT2D eigenvalue weighted by Crippen LogP contribution is 2.17. The van der Waals surface area contributed by atoms with Crippen LogP contribution in [0.5, 0.6) is 0 Å². The van der Waals surface area contributed by atoms with Crippen LogP contribution in [0, 0.1) is 0 Å². The van der Waals surface area contributed by atoms with Gasteiger partial charge in [-0.25, -0.2) is 9.97 Å². The van der Waals surface area contributed by atoms with E-state index in [1.165, 1.54) is 6.33 Å². The summed E-state index contributed by atoms with van der Waals surface area (Å²) in [6, 6.07) is 0. The molecule has 1 aromatic rings. The van der Waals surface area contributed by atoms with Gasteiger partial charge in [-0.1, -0.05) is 17.7 Å². The Hall–Kier alpha value is -1.09. The lowest BCUT2D eigenvalue weighted by Gasteiger charge is -2.01. The van der Waals surface area contributed by atoms with E-state index in [9.17, 15) is 0 Å². The SMILES string of the molecule is C=CCc1c(N)ncnc1Cl. The molecule has 3 nitrogen and oxygen atoms in total. The third-order valence-electron chi connectivity index (χ3n) is 1.27. The number of anilines is 1. The van der Waals surface area contributed by atoms with Crippen molar-refractivity contribution in [2.75, 3.05) is 5.73 Å². The van der Waals surface area contributed by atoms with Crippen LogP contribution in [0.3, 0.4) is 0 Å². The van der Waals surface area contributed by atoms with Gasteiger partial charge in [0, 0.05) is 5.56 Å². The Morgan fingerprint density at radius 2 is 2.36 bits per heavy atom. The average Bonchev–Trinajstić information content (AvgIpc) is 1.97. The Morgan fingerprint density at radius 1 is 1.64 bits per heavy atom. The number of hydrogen-bond acceptors (Lipinski definition) is 3. The maximum Gasteiger partial charge on any atom is 0.138 e. The largest absolute Gasteiger partial charge is 0.383 e. The molecule has 0 saturated carbocycles. The molecule has 0 aliphatic carbocycles. The highest BCUT2D eigenvalue weighted by molar-refractivity contribution is 6.30. The van der Waals surface area contributed by atoms with Gasteiger partial charge in [0.25, 0.3) is 0 Å². The summed E-state index contributed by atoms with van der Waals surface area (Å²) in [5.41, 5.74) is 6.26. The molecule has 4 heteroatoms. The Balaban J connectivity index is 3.09. The molecule has 0 saturated heterocycles. The number of nitrogen functional groups attached to an aromatic ring is 1.